The van der Waals surface area contributed by atoms with Crippen LogP contribution in [0.4, 0.5) is 0 Å². The predicted octanol–water partition coefficient (Wildman–Crippen LogP) is 3.33. The zero-order valence-electron chi connectivity index (χ0n) is 17.6. The van der Waals surface area contributed by atoms with Crippen molar-refractivity contribution in [2.75, 3.05) is 52.5 Å². The lowest BCUT2D eigenvalue weighted by Crippen LogP contribution is -2.40. The van der Waals surface area contributed by atoms with Crippen molar-refractivity contribution in [1.82, 2.24) is 15.5 Å². The Hall–Kier alpha value is -0.420. The maximum absolute atomic E-state index is 5.82. The molecule has 6 nitrogen and oxygen atoms in total. The van der Waals surface area contributed by atoms with Crippen LogP contribution in [-0.2, 0) is 16.0 Å². The summed E-state index contributed by atoms with van der Waals surface area (Å²) < 4.78 is 11.2. The Morgan fingerprint density at radius 2 is 2.31 bits per heavy atom. The van der Waals surface area contributed by atoms with Gasteiger partial charge in [-0.1, -0.05) is 6.07 Å². The molecule has 1 aromatic heterocycles. The minimum Gasteiger partial charge on any atom is -0.379 e. The van der Waals surface area contributed by atoms with E-state index in [1.165, 1.54) is 24.3 Å². The van der Waals surface area contributed by atoms with E-state index in [4.69, 9.17) is 14.5 Å². The number of thiophene rings is 1. The fraction of sp³-hybridized carbons (Fsp3) is 0.762. The highest BCUT2D eigenvalue weighted by molar-refractivity contribution is 14.0. The van der Waals surface area contributed by atoms with Gasteiger partial charge in [0, 0.05) is 50.8 Å². The number of aliphatic imine (C=N–C) groups is 1. The molecule has 2 fully saturated rings. The van der Waals surface area contributed by atoms with E-state index < -0.39 is 0 Å². The minimum absolute atomic E-state index is 0. The van der Waals surface area contributed by atoms with Gasteiger partial charge in [-0.25, -0.2) is 0 Å². The third kappa shape index (κ3) is 9.50. The Morgan fingerprint density at radius 1 is 1.38 bits per heavy atom. The highest BCUT2D eigenvalue weighted by atomic mass is 127. The van der Waals surface area contributed by atoms with Gasteiger partial charge in [0.05, 0.1) is 12.7 Å². The molecule has 2 saturated heterocycles. The Labute approximate surface area is 196 Å². The van der Waals surface area contributed by atoms with Gasteiger partial charge in [-0.05, 0) is 56.5 Å². The van der Waals surface area contributed by atoms with Gasteiger partial charge in [0.1, 0.15) is 0 Å². The van der Waals surface area contributed by atoms with Crippen LogP contribution < -0.4 is 10.6 Å². The van der Waals surface area contributed by atoms with Crippen molar-refractivity contribution in [1.29, 1.82) is 0 Å². The van der Waals surface area contributed by atoms with Crippen LogP contribution in [0.25, 0.3) is 0 Å². The first-order chi connectivity index (χ1) is 13.8. The first-order valence-electron chi connectivity index (χ1n) is 10.8. The normalized spacial score (nSPS) is 23.0. The van der Waals surface area contributed by atoms with E-state index >= 15 is 0 Å². The van der Waals surface area contributed by atoms with E-state index in [9.17, 15) is 0 Å². The van der Waals surface area contributed by atoms with E-state index in [1.807, 2.05) is 11.3 Å². The number of nitrogens with one attached hydrogen (secondary N) is 2. The van der Waals surface area contributed by atoms with Crippen molar-refractivity contribution in [2.45, 2.75) is 45.3 Å². The molecule has 2 atom stereocenters. The third-order valence-electron chi connectivity index (χ3n) is 5.27. The predicted molar refractivity (Wildman–Crippen MR) is 132 cm³/mol. The summed E-state index contributed by atoms with van der Waals surface area (Å²) in [6.07, 6.45) is 4.87. The lowest BCUT2D eigenvalue weighted by molar-refractivity contribution is 0.0420. The first-order valence-corrected chi connectivity index (χ1v) is 11.7. The van der Waals surface area contributed by atoms with E-state index in [2.05, 4.69) is 40.0 Å². The van der Waals surface area contributed by atoms with Crippen LogP contribution in [0, 0.1) is 5.92 Å². The molecule has 0 aromatic carbocycles. The number of halogens is 1. The molecule has 2 N–H and O–H groups in total. The molecule has 3 heterocycles. The van der Waals surface area contributed by atoms with Crippen LogP contribution in [-0.4, -0.2) is 69.5 Å². The van der Waals surface area contributed by atoms with Crippen molar-refractivity contribution in [2.24, 2.45) is 10.9 Å². The Morgan fingerprint density at radius 3 is 3.07 bits per heavy atom. The molecule has 0 aliphatic carbocycles. The number of guanidine groups is 1. The number of likely N-dealkylation sites (tertiary alicyclic amines) is 1. The summed E-state index contributed by atoms with van der Waals surface area (Å²) in [4.78, 5) is 8.90. The van der Waals surface area contributed by atoms with Crippen molar-refractivity contribution in [3.8, 4) is 0 Å². The molecule has 0 bridgehead atoms. The van der Waals surface area contributed by atoms with Crippen molar-refractivity contribution in [3.05, 3.63) is 22.4 Å². The third-order valence-corrected chi connectivity index (χ3v) is 6.13. The summed E-state index contributed by atoms with van der Waals surface area (Å²) in [6.45, 7) is 10.6. The van der Waals surface area contributed by atoms with Crippen LogP contribution in [0.3, 0.4) is 0 Å². The van der Waals surface area contributed by atoms with Crippen LogP contribution in [0.5, 0.6) is 0 Å². The summed E-state index contributed by atoms with van der Waals surface area (Å²) in [5, 5.41) is 8.99. The molecule has 0 spiro atoms. The molecule has 0 saturated carbocycles. The molecule has 2 aliphatic heterocycles. The first kappa shape index (κ1) is 24.8. The average Bonchev–Trinajstić information content (AvgIpc) is 3.40. The second-order valence-corrected chi connectivity index (χ2v) is 8.71. The summed E-state index contributed by atoms with van der Waals surface area (Å²) in [5.41, 5.74) is 0. The molecular weight excluding hydrogens is 499 g/mol. The average molecular weight is 537 g/mol. The highest BCUT2D eigenvalue weighted by Gasteiger charge is 2.20. The Balaban J connectivity index is 0.00000300. The van der Waals surface area contributed by atoms with Crippen molar-refractivity contribution < 1.29 is 9.47 Å². The van der Waals surface area contributed by atoms with Gasteiger partial charge >= 0.3 is 0 Å². The van der Waals surface area contributed by atoms with Crippen molar-refractivity contribution in [3.63, 3.8) is 0 Å². The number of nitrogens with zero attached hydrogens (tertiary/aromatic N) is 2. The maximum Gasteiger partial charge on any atom is 0.191 e. The largest absolute Gasteiger partial charge is 0.379 e. The smallest absolute Gasteiger partial charge is 0.191 e. The Bertz CT molecular complexity index is 567. The summed E-state index contributed by atoms with van der Waals surface area (Å²) in [6, 6.07) is 4.38. The van der Waals surface area contributed by atoms with E-state index in [0.717, 1.165) is 71.3 Å². The van der Waals surface area contributed by atoms with E-state index in [-0.39, 0.29) is 24.0 Å². The van der Waals surface area contributed by atoms with Gasteiger partial charge in [0.25, 0.3) is 0 Å². The van der Waals surface area contributed by atoms with Gasteiger partial charge < -0.3 is 20.1 Å². The van der Waals surface area contributed by atoms with Crippen LogP contribution in [0.15, 0.2) is 22.5 Å². The molecule has 2 aliphatic rings. The lowest BCUT2D eigenvalue weighted by atomic mass is 9.98. The second-order valence-electron chi connectivity index (χ2n) is 7.68. The fourth-order valence-corrected chi connectivity index (χ4v) is 4.55. The van der Waals surface area contributed by atoms with Gasteiger partial charge in [-0.15, -0.1) is 35.3 Å². The molecule has 2 unspecified atom stereocenters. The van der Waals surface area contributed by atoms with Crippen molar-refractivity contribution >= 4 is 41.3 Å². The number of hydrogen-bond donors (Lipinski definition) is 2. The zero-order valence-corrected chi connectivity index (χ0v) is 20.8. The molecule has 0 amide bonds. The van der Waals surface area contributed by atoms with Crippen LogP contribution in [0.2, 0.25) is 0 Å². The summed E-state index contributed by atoms with van der Waals surface area (Å²) in [5.74, 6) is 1.58. The molecule has 29 heavy (non-hydrogen) atoms. The molecule has 3 rings (SSSR count). The number of rotatable bonds is 10. The molecule has 0 radical (unpaired) electrons. The molecule has 1 aromatic rings. The van der Waals surface area contributed by atoms with Gasteiger partial charge in [0.2, 0.25) is 0 Å². The lowest BCUT2D eigenvalue weighted by Gasteiger charge is -2.31. The number of hydrogen-bond acceptors (Lipinski definition) is 5. The van der Waals surface area contributed by atoms with Crippen LogP contribution >= 0.6 is 35.3 Å². The SMILES string of the molecule is CCNC(=NCC1CCCN(Cc2cccs2)C1)NCCCOC1CCOC1.I. The van der Waals surface area contributed by atoms with Gasteiger partial charge in [-0.2, -0.15) is 0 Å². The zero-order chi connectivity index (χ0) is 19.4. The quantitative estimate of drug-likeness (QED) is 0.208. The number of piperidine rings is 1. The molecule has 8 heteroatoms. The topological polar surface area (TPSA) is 58.1 Å². The highest BCUT2D eigenvalue weighted by Crippen LogP contribution is 2.20. The van der Waals surface area contributed by atoms with Gasteiger partial charge in [-0.3, -0.25) is 9.89 Å². The summed E-state index contributed by atoms with van der Waals surface area (Å²) >= 11 is 1.86. The Kier molecular flexibility index (Phi) is 12.5. The molecular formula is C21H37IN4O2S. The van der Waals surface area contributed by atoms with Crippen LogP contribution in [0.1, 0.15) is 37.5 Å². The monoisotopic (exact) mass is 536 g/mol. The van der Waals surface area contributed by atoms with E-state index in [0.29, 0.717) is 12.0 Å². The molecule has 166 valence electrons. The second kappa shape index (κ2) is 14.6. The maximum atomic E-state index is 5.82. The van der Waals surface area contributed by atoms with E-state index in [1.54, 1.807) is 0 Å². The standard InChI is InChI=1S/C21H36N4O2S.HI/c1-2-22-21(23-9-5-11-27-19-8-12-26-17-19)24-14-18-6-3-10-25(15-18)16-20-7-4-13-28-20;/h4,7,13,18-19H,2-3,5-6,8-12,14-17H2,1H3,(H2,22,23,24);1H. The number of ether oxygens (including phenoxy) is 2. The minimum atomic E-state index is 0. The van der Waals surface area contributed by atoms with Gasteiger partial charge in [0.15, 0.2) is 5.96 Å². The fourth-order valence-electron chi connectivity index (χ4n) is 3.80. The summed E-state index contributed by atoms with van der Waals surface area (Å²) in [7, 11) is 0.